The second-order valence-electron chi connectivity index (χ2n) is 7.03. The largest absolute Gasteiger partial charge is 0.321 e. The highest BCUT2D eigenvalue weighted by Gasteiger charge is 2.25. The van der Waals surface area contributed by atoms with E-state index in [1.54, 1.807) is 11.4 Å². The highest BCUT2D eigenvalue weighted by Crippen LogP contribution is 2.63. The molecule has 0 heterocycles. The fourth-order valence-electron chi connectivity index (χ4n) is 2.55. The predicted molar refractivity (Wildman–Crippen MR) is 116 cm³/mol. The summed E-state index contributed by atoms with van der Waals surface area (Å²) >= 11 is 7.60. The van der Waals surface area contributed by atoms with Crippen LogP contribution in [0.15, 0.2) is 0 Å². The molecule has 0 saturated heterocycles. The smallest absolute Gasteiger partial charge is 0.247 e. The van der Waals surface area contributed by atoms with Crippen LogP contribution in [0, 0.1) is 11.8 Å². The summed E-state index contributed by atoms with van der Waals surface area (Å²) in [5.41, 5.74) is -2.22. The van der Waals surface area contributed by atoms with Gasteiger partial charge in [-0.15, -0.1) is 0 Å². The SMILES string of the molecule is CCCCC(CC)COP(=S)(OCC(CC)CCCC)SC(C)C. The zero-order valence-electron chi connectivity index (χ0n) is 16.9. The van der Waals surface area contributed by atoms with Crippen LogP contribution >= 0.6 is 17.1 Å². The lowest BCUT2D eigenvalue weighted by Crippen LogP contribution is -2.12. The van der Waals surface area contributed by atoms with Crippen LogP contribution in [0.3, 0.4) is 0 Å². The van der Waals surface area contributed by atoms with Crippen LogP contribution in [0.2, 0.25) is 0 Å². The standard InChI is InChI=1S/C19H41O2PS2/c1-7-11-13-18(9-3)15-20-22(23,24-17(5)6)21-16-19(10-4)14-12-8-2/h17-19H,7-16H2,1-6H3. The molecule has 0 aromatic heterocycles. The van der Waals surface area contributed by atoms with Gasteiger partial charge in [-0.3, -0.25) is 0 Å². The molecule has 0 aromatic carbocycles. The van der Waals surface area contributed by atoms with Crippen LogP contribution in [-0.4, -0.2) is 18.5 Å². The monoisotopic (exact) mass is 396 g/mol. The van der Waals surface area contributed by atoms with Gasteiger partial charge in [-0.1, -0.05) is 91.4 Å². The van der Waals surface area contributed by atoms with Gasteiger partial charge in [0.2, 0.25) is 5.69 Å². The topological polar surface area (TPSA) is 18.5 Å². The minimum atomic E-state index is -2.22. The summed E-state index contributed by atoms with van der Waals surface area (Å²) in [6, 6.07) is 0. The third kappa shape index (κ3) is 12.3. The van der Waals surface area contributed by atoms with Gasteiger partial charge < -0.3 is 9.05 Å². The maximum atomic E-state index is 6.26. The number of hydrogen-bond acceptors (Lipinski definition) is 4. The molecule has 0 radical (unpaired) electrons. The molecule has 2 unspecified atom stereocenters. The molecule has 0 bridgehead atoms. The summed E-state index contributed by atoms with van der Waals surface area (Å²) in [4.78, 5) is 0. The molecule has 0 amide bonds. The Bertz CT molecular complexity index is 313. The molecule has 0 N–H and O–H groups in total. The minimum Gasteiger partial charge on any atom is -0.321 e. The second-order valence-corrected chi connectivity index (χ2v) is 13.8. The van der Waals surface area contributed by atoms with Crippen LogP contribution in [0.5, 0.6) is 0 Å². The van der Waals surface area contributed by atoms with Gasteiger partial charge >= 0.3 is 0 Å². The van der Waals surface area contributed by atoms with E-state index in [0.29, 0.717) is 17.1 Å². The fourth-order valence-corrected chi connectivity index (χ4v) is 8.24. The summed E-state index contributed by atoms with van der Waals surface area (Å²) in [7, 11) is 0. The Kier molecular flexibility index (Phi) is 15.6. The Hall–Kier alpha value is 0.920. The van der Waals surface area contributed by atoms with Gasteiger partial charge in [0, 0.05) is 5.25 Å². The Morgan fingerprint density at radius 3 is 1.54 bits per heavy atom. The molecule has 0 aliphatic rings. The molecular weight excluding hydrogens is 355 g/mol. The molecule has 0 saturated carbocycles. The normalized spacial score (nSPS) is 17.0. The summed E-state index contributed by atoms with van der Waals surface area (Å²) in [6.07, 6.45) is 9.85. The predicted octanol–water partition coefficient (Wildman–Crippen LogP) is 7.82. The van der Waals surface area contributed by atoms with E-state index >= 15 is 0 Å². The van der Waals surface area contributed by atoms with E-state index < -0.39 is 5.69 Å². The highest BCUT2D eigenvalue weighted by atomic mass is 32.9. The first-order chi connectivity index (χ1) is 11.4. The molecule has 24 heavy (non-hydrogen) atoms. The number of unbranched alkanes of at least 4 members (excludes halogenated alkanes) is 2. The lowest BCUT2D eigenvalue weighted by molar-refractivity contribution is 0.188. The van der Waals surface area contributed by atoms with Gasteiger partial charge in [0.15, 0.2) is 0 Å². The molecule has 2 atom stereocenters. The van der Waals surface area contributed by atoms with Gasteiger partial charge in [0.25, 0.3) is 0 Å². The second kappa shape index (κ2) is 15.0. The lowest BCUT2D eigenvalue weighted by atomic mass is 10.0. The van der Waals surface area contributed by atoms with Crippen molar-refractivity contribution in [3.8, 4) is 0 Å². The van der Waals surface area contributed by atoms with Crippen molar-refractivity contribution in [3.05, 3.63) is 0 Å². The number of hydrogen-bond donors (Lipinski definition) is 0. The van der Waals surface area contributed by atoms with Crippen molar-refractivity contribution in [2.24, 2.45) is 11.8 Å². The van der Waals surface area contributed by atoms with Crippen LogP contribution in [0.1, 0.15) is 92.9 Å². The lowest BCUT2D eigenvalue weighted by Gasteiger charge is -2.27. The third-order valence-corrected chi connectivity index (χ3v) is 10.1. The van der Waals surface area contributed by atoms with Gasteiger partial charge in [0.05, 0.1) is 13.2 Å². The van der Waals surface area contributed by atoms with Crippen molar-refractivity contribution >= 4 is 28.9 Å². The van der Waals surface area contributed by atoms with E-state index in [1.165, 1.54) is 38.5 Å². The average Bonchev–Trinajstić information content (AvgIpc) is 2.54. The first-order valence-electron chi connectivity index (χ1n) is 9.98. The maximum absolute atomic E-state index is 6.26. The molecule has 0 aliphatic carbocycles. The Morgan fingerprint density at radius 1 is 0.833 bits per heavy atom. The number of rotatable bonds is 16. The Labute approximate surface area is 161 Å². The van der Waals surface area contributed by atoms with E-state index in [-0.39, 0.29) is 0 Å². The molecule has 2 nitrogen and oxygen atoms in total. The molecule has 0 fully saturated rings. The van der Waals surface area contributed by atoms with E-state index in [0.717, 1.165) is 26.1 Å². The summed E-state index contributed by atoms with van der Waals surface area (Å²) in [6.45, 7) is 14.9. The summed E-state index contributed by atoms with van der Waals surface area (Å²) in [5, 5.41) is 0.447. The summed E-state index contributed by atoms with van der Waals surface area (Å²) in [5.74, 6) is 1.23. The zero-order chi connectivity index (χ0) is 18.4. The van der Waals surface area contributed by atoms with Crippen LogP contribution in [0.4, 0.5) is 0 Å². The highest BCUT2D eigenvalue weighted by molar-refractivity contribution is 8.68. The molecule has 0 aromatic rings. The molecule has 0 aliphatic heterocycles. The Morgan fingerprint density at radius 2 is 1.25 bits per heavy atom. The van der Waals surface area contributed by atoms with E-state index in [4.69, 9.17) is 20.9 Å². The maximum Gasteiger partial charge on any atom is 0.247 e. The molecule has 146 valence electrons. The van der Waals surface area contributed by atoms with E-state index in [9.17, 15) is 0 Å². The molecule has 0 rings (SSSR count). The Balaban J connectivity index is 4.60. The van der Waals surface area contributed by atoms with Crippen molar-refractivity contribution in [3.63, 3.8) is 0 Å². The van der Waals surface area contributed by atoms with E-state index in [1.807, 2.05) is 0 Å². The minimum absolute atomic E-state index is 0.447. The van der Waals surface area contributed by atoms with Crippen LogP contribution < -0.4 is 0 Å². The van der Waals surface area contributed by atoms with Crippen molar-refractivity contribution < 1.29 is 9.05 Å². The zero-order valence-corrected chi connectivity index (χ0v) is 19.4. The van der Waals surface area contributed by atoms with Gasteiger partial charge in [-0.2, -0.15) is 0 Å². The average molecular weight is 397 g/mol. The van der Waals surface area contributed by atoms with Gasteiger partial charge in [-0.25, -0.2) is 0 Å². The molecule has 5 heteroatoms. The van der Waals surface area contributed by atoms with Gasteiger partial charge in [-0.05, 0) is 36.5 Å². The van der Waals surface area contributed by atoms with Crippen molar-refractivity contribution in [1.29, 1.82) is 0 Å². The van der Waals surface area contributed by atoms with Crippen molar-refractivity contribution in [2.75, 3.05) is 13.2 Å². The van der Waals surface area contributed by atoms with Crippen LogP contribution in [0.25, 0.3) is 0 Å². The first kappa shape index (κ1) is 24.9. The van der Waals surface area contributed by atoms with E-state index in [2.05, 4.69) is 41.5 Å². The summed E-state index contributed by atoms with van der Waals surface area (Å²) < 4.78 is 12.5. The van der Waals surface area contributed by atoms with Crippen LogP contribution in [-0.2, 0) is 20.9 Å². The quantitative estimate of drug-likeness (QED) is 0.247. The fraction of sp³-hybridized carbons (Fsp3) is 1.00. The third-order valence-electron chi connectivity index (χ3n) is 4.36. The van der Waals surface area contributed by atoms with Gasteiger partial charge in [0.1, 0.15) is 0 Å². The molecular formula is C19H41O2PS2. The van der Waals surface area contributed by atoms with Crippen molar-refractivity contribution in [1.82, 2.24) is 0 Å². The molecule has 0 spiro atoms. The van der Waals surface area contributed by atoms with Crippen molar-refractivity contribution in [2.45, 2.75) is 98.2 Å². The first-order valence-corrected chi connectivity index (χ1v) is 14.1.